The summed E-state index contributed by atoms with van der Waals surface area (Å²) in [6.45, 7) is 0.296. The van der Waals surface area contributed by atoms with E-state index in [9.17, 15) is 9.59 Å². The van der Waals surface area contributed by atoms with Gasteiger partial charge in [0.25, 0.3) is 5.91 Å². The maximum absolute atomic E-state index is 12.7. The highest BCUT2D eigenvalue weighted by atomic mass is 35.5. The lowest BCUT2D eigenvalue weighted by Crippen LogP contribution is -2.19. The molecule has 0 bridgehead atoms. The number of ether oxygens (including phenoxy) is 3. The van der Waals surface area contributed by atoms with Crippen LogP contribution in [0.25, 0.3) is 10.9 Å². The van der Waals surface area contributed by atoms with E-state index in [1.54, 1.807) is 73.9 Å². The topological polar surface area (TPSA) is 98.8 Å². The second-order valence-electron chi connectivity index (χ2n) is 8.60. The van der Waals surface area contributed by atoms with Crippen molar-refractivity contribution in [2.45, 2.75) is 6.61 Å². The zero-order chi connectivity index (χ0) is 27.9. The number of nitrogens with zero attached hydrogens (tertiary/aromatic N) is 1. The Kier molecular flexibility index (Phi) is 8.08. The smallest absolute Gasteiger partial charge is 0.417 e. The van der Waals surface area contributed by atoms with Crippen molar-refractivity contribution in [1.82, 2.24) is 10.3 Å². The molecule has 0 saturated carbocycles. The van der Waals surface area contributed by atoms with Gasteiger partial charge in [0, 0.05) is 30.8 Å². The summed E-state index contributed by atoms with van der Waals surface area (Å²) in [5.74, 6) is 1.39. The van der Waals surface area contributed by atoms with E-state index in [4.69, 9.17) is 25.8 Å². The molecular weight excluding hydrogens is 530 g/mol. The monoisotopic (exact) mass is 553 g/mol. The number of fused-ring (bicyclic) bond motifs is 1. The molecule has 2 N–H and O–H groups in total. The lowest BCUT2D eigenvalue weighted by Gasteiger charge is -2.15. The van der Waals surface area contributed by atoms with Gasteiger partial charge in [0.05, 0.1) is 21.8 Å². The van der Waals surface area contributed by atoms with Crippen LogP contribution in [0.15, 0.2) is 103 Å². The molecule has 1 heterocycles. The van der Waals surface area contributed by atoms with Crippen LogP contribution in [0, 0.1) is 0 Å². The number of aromatic nitrogens is 1. The second-order valence-corrected chi connectivity index (χ2v) is 9.01. The van der Waals surface area contributed by atoms with Crippen molar-refractivity contribution in [2.24, 2.45) is 0 Å². The number of benzene rings is 4. The number of amides is 2. The van der Waals surface area contributed by atoms with E-state index in [2.05, 4.69) is 15.6 Å². The zero-order valence-corrected chi connectivity index (χ0v) is 22.1. The molecule has 2 amide bonds. The van der Waals surface area contributed by atoms with Gasteiger partial charge in [-0.15, -0.1) is 0 Å². The second kappa shape index (κ2) is 12.2. The largest absolute Gasteiger partial charge is 0.488 e. The molecule has 0 spiro atoms. The number of rotatable bonds is 8. The van der Waals surface area contributed by atoms with E-state index < -0.39 is 6.09 Å². The van der Waals surface area contributed by atoms with Crippen molar-refractivity contribution < 1.29 is 23.8 Å². The Morgan fingerprint density at radius 2 is 1.60 bits per heavy atom. The standard InChI is InChI=1S/C31H24ClN3O5/c1-33-30(36)24-17-23-27(18-29(24)38-19-20-8-4-2-5-9-20)34-15-14-28(23)39-22-12-13-26(25(32)16-22)35-31(37)40-21-10-6-3-7-11-21/h2-18H,19H2,1H3,(H,33,36)(H,35,37). The summed E-state index contributed by atoms with van der Waals surface area (Å²) in [7, 11) is 1.56. The molecule has 0 aliphatic carbocycles. The third-order valence-electron chi connectivity index (χ3n) is 5.87. The van der Waals surface area contributed by atoms with E-state index >= 15 is 0 Å². The third kappa shape index (κ3) is 6.31. The van der Waals surface area contributed by atoms with Gasteiger partial charge >= 0.3 is 6.09 Å². The van der Waals surface area contributed by atoms with Crippen LogP contribution >= 0.6 is 11.6 Å². The van der Waals surface area contributed by atoms with Crippen LogP contribution in [-0.2, 0) is 6.61 Å². The molecule has 4 aromatic carbocycles. The van der Waals surface area contributed by atoms with Gasteiger partial charge in [-0.3, -0.25) is 15.1 Å². The Morgan fingerprint density at radius 1 is 0.850 bits per heavy atom. The highest BCUT2D eigenvalue weighted by Gasteiger charge is 2.17. The van der Waals surface area contributed by atoms with Gasteiger partial charge in [0.1, 0.15) is 29.6 Å². The number of hydrogen-bond donors (Lipinski definition) is 2. The van der Waals surface area contributed by atoms with Crippen molar-refractivity contribution >= 4 is 40.2 Å². The van der Waals surface area contributed by atoms with Crippen LogP contribution in [0.4, 0.5) is 10.5 Å². The van der Waals surface area contributed by atoms with Crippen LogP contribution in [0.2, 0.25) is 5.02 Å². The van der Waals surface area contributed by atoms with E-state index in [0.717, 1.165) is 5.56 Å². The molecule has 0 aliphatic heterocycles. The van der Waals surface area contributed by atoms with Gasteiger partial charge in [-0.25, -0.2) is 4.79 Å². The summed E-state index contributed by atoms with van der Waals surface area (Å²) >= 11 is 6.42. The molecule has 1 aromatic heterocycles. The first-order valence-corrected chi connectivity index (χ1v) is 12.7. The van der Waals surface area contributed by atoms with Gasteiger partial charge < -0.3 is 19.5 Å². The Labute approximate surface area is 235 Å². The number of para-hydroxylation sites is 1. The molecule has 0 atom stereocenters. The maximum atomic E-state index is 12.7. The molecule has 9 heteroatoms. The average Bonchev–Trinajstić information content (AvgIpc) is 2.98. The summed E-state index contributed by atoms with van der Waals surface area (Å²) in [5.41, 5.74) is 2.26. The number of halogens is 1. The van der Waals surface area contributed by atoms with Crippen LogP contribution in [0.5, 0.6) is 23.0 Å². The Morgan fingerprint density at radius 3 is 2.33 bits per heavy atom. The fraction of sp³-hybridized carbons (Fsp3) is 0.0645. The zero-order valence-electron chi connectivity index (χ0n) is 21.4. The summed E-state index contributed by atoms with van der Waals surface area (Å²) < 4.78 is 17.4. The van der Waals surface area contributed by atoms with Crippen molar-refractivity contribution in [1.29, 1.82) is 0 Å². The van der Waals surface area contributed by atoms with Crippen LogP contribution < -0.4 is 24.8 Å². The van der Waals surface area contributed by atoms with Gasteiger partial charge in [-0.05, 0) is 42.0 Å². The Balaban J connectivity index is 1.37. The SMILES string of the molecule is CNC(=O)c1cc2c(Oc3ccc(NC(=O)Oc4ccccc4)c(Cl)c3)ccnc2cc1OCc1ccccc1. The fourth-order valence-electron chi connectivity index (χ4n) is 3.92. The van der Waals surface area contributed by atoms with Crippen molar-refractivity contribution in [3.8, 4) is 23.0 Å². The average molecular weight is 554 g/mol. The number of pyridine rings is 1. The van der Waals surface area contributed by atoms with Gasteiger partial charge in [-0.1, -0.05) is 60.1 Å². The van der Waals surface area contributed by atoms with Crippen LogP contribution in [0.3, 0.4) is 0 Å². The summed E-state index contributed by atoms with van der Waals surface area (Å²) in [6.07, 6.45) is 0.934. The van der Waals surface area contributed by atoms with Gasteiger partial charge in [0.2, 0.25) is 0 Å². The van der Waals surface area contributed by atoms with Crippen molar-refractivity contribution in [3.05, 3.63) is 119 Å². The number of hydrogen-bond acceptors (Lipinski definition) is 6. The number of carbonyl (C=O) groups is 2. The number of carbonyl (C=O) groups excluding carboxylic acids is 2. The minimum atomic E-state index is -0.672. The van der Waals surface area contributed by atoms with Crippen molar-refractivity contribution in [2.75, 3.05) is 12.4 Å². The summed E-state index contributed by atoms with van der Waals surface area (Å²) in [5, 5.41) is 6.14. The highest BCUT2D eigenvalue weighted by molar-refractivity contribution is 6.33. The molecule has 200 valence electrons. The maximum Gasteiger partial charge on any atom is 0.417 e. The molecule has 5 aromatic rings. The molecule has 0 unspecified atom stereocenters. The summed E-state index contributed by atoms with van der Waals surface area (Å²) in [4.78, 5) is 29.4. The molecule has 0 radical (unpaired) electrons. The number of anilines is 1. The molecule has 8 nitrogen and oxygen atoms in total. The quantitative estimate of drug-likeness (QED) is 0.210. The molecule has 5 rings (SSSR count). The van der Waals surface area contributed by atoms with E-state index in [1.165, 1.54) is 0 Å². The normalized spacial score (nSPS) is 10.6. The number of nitrogens with one attached hydrogen (secondary N) is 2. The van der Waals surface area contributed by atoms with E-state index in [-0.39, 0.29) is 10.9 Å². The lowest BCUT2D eigenvalue weighted by atomic mass is 10.1. The molecular formula is C31H24ClN3O5. The van der Waals surface area contributed by atoms with E-state index in [0.29, 0.717) is 51.8 Å². The minimum absolute atomic E-state index is 0.253. The first kappa shape index (κ1) is 26.5. The van der Waals surface area contributed by atoms with Gasteiger partial charge in [-0.2, -0.15) is 0 Å². The summed E-state index contributed by atoms with van der Waals surface area (Å²) in [6, 6.07) is 28.3. The lowest BCUT2D eigenvalue weighted by molar-refractivity contribution is 0.0958. The molecule has 0 aliphatic rings. The van der Waals surface area contributed by atoms with Crippen molar-refractivity contribution in [3.63, 3.8) is 0 Å². The molecule has 40 heavy (non-hydrogen) atoms. The molecule has 0 saturated heterocycles. The first-order valence-electron chi connectivity index (χ1n) is 12.3. The minimum Gasteiger partial charge on any atom is -0.488 e. The van der Waals surface area contributed by atoms with E-state index in [1.807, 2.05) is 36.4 Å². The fourth-order valence-corrected chi connectivity index (χ4v) is 4.14. The van der Waals surface area contributed by atoms with Crippen LogP contribution in [0.1, 0.15) is 15.9 Å². The van der Waals surface area contributed by atoms with Crippen LogP contribution in [-0.4, -0.2) is 24.0 Å². The molecule has 0 fully saturated rings. The third-order valence-corrected chi connectivity index (χ3v) is 6.18. The van der Waals surface area contributed by atoms with Gasteiger partial charge in [0.15, 0.2) is 0 Å². The highest BCUT2D eigenvalue weighted by Crippen LogP contribution is 2.35. The Bertz CT molecular complexity index is 1660. The first-order chi connectivity index (χ1) is 19.5. The predicted molar refractivity (Wildman–Crippen MR) is 154 cm³/mol. The Hall–Kier alpha value is -5.08. The predicted octanol–water partition coefficient (Wildman–Crippen LogP) is 7.23.